The first-order chi connectivity index (χ1) is 8.78. The lowest BCUT2D eigenvalue weighted by atomic mass is 9.94. The minimum atomic E-state index is -0.448. The Balaban J connectivity index is 2.19. The number of ether oxygens (including phenoxy) is 1. The molecular formula is C15H20BrNO2. The highest BCUT2D eigenvalue weighted by Gasteiger charge is 2.30. The van der Waals surface area contributed by atoms with Crippen molar-refractivity contribution in [1.82, 2.24) is 4.90 Å². The average molecular weight is 326 g/mol. The Morgan fingerprint density at radius 1 is 1.42 bits per heavy atom. The van der Waals surface area contributed by atoms with Crippen LogP contribution in [0.2, 0.25) is 0 Å². The molecule has 0 saturated heterocycles. The van der Waals surface area contributed by atoms with Crippen LogP contribution in [0.4, 0.5) is 4.79 Å². The van der Waals surface area contributed by atoms with E-state index in [1.165, 1.54) is 11.1 Å². The topological polar surface area (TPSA) is 29.5 Å². The Morgan fingerprint density at radius 3 is 2.74 bits per heavy atom. The van der Waals surface area contributed by atoms with Gasteiger partial charge >= 0.3 is 6.09 Å². The summed E-state index contributed by atoms with van der Waals surface area (Å²) in [5.74, 6) is 0. The maximum Gasteiger partial charge on any atom is 0.410 e. The van der Waals surface area contributed by atoms with Crippen molar-refractivity contribution in [3.8, 4) is 0 Å². The summed E-state index contributed by atoms with van der Waals surface area (Å²) in [7, 11) is 0. The SMILES string of the molecule is CC1c2ccc(Br)cc2CCN1C(=O)OC(C)(C)C. The summed E-state index contributed by atoms with van der Waals surface area (Å²) in [5.41, 5.74) is 2.07. The number of amides is 1. The second kappa shape index (κ2) is 5.16. The lowest BCUT2D eigenvalue weighted by Crippen LogP contribution is -2.42. The van der Waals surface area contributed by atoms with Gasteiger partial charge in [-0.3, -0.25) is 0 Å². The fourth-order valence-electron chi connectivity index (χ4n) is 2.37. The van der Waals surface area contributed by atoms with Gasteiger partial charge in [0.05, 0.1) is 6.04 Å². The number of hydrogen-bond donors (Lipinski definition) is 0. The first-order valence-corrected chi connectivity index (χ1v) is 7.35. The van der Waals surface area contributed by atoms with Gasteiger partial charge in [0.2, 0.25) is 0 Å². The van der Waals surface area contributed by atoms with Crippen LogP contribution in [-0.4, -0.2) is 23.1 Å². The van der Waals surface area contributed by atoms with Crippen LogP contribution < -0.4 is 0 Å². The van der Waals surface area contributed by atoms with Crippen LogP contribution in [0.5, 0.6) is 0 Å². The third-order valence-corrected chi connectivity index (χ3v) is 3.77. The third kappa shape index (κ3) is 3.30. The fraction of sp³-hybridized carbons (Fsp3) is 0.533. The van der Waals surface area contributed by atoms with Crippen LogP contribution in [-0.2, 0) is 11.2 Å². The number of benzene rings is 1. The van der Waals surface area contributed by atoms with E-state index in [-0.39, 0.29) is 12.1 Å². The Labute approximate surface area is 123 Å². The van der Waals surface area contributed by atoms with Gasteiger partial charge in [0.25, 0.3) is 0 Å². The van der Waals surface area contributed by atoms with Crippen LogP contribution in [0.3, 0.4) is 0 Å². The molecule has 0 aromatic heterocycles. The molecule has 1 atom stereocenters. The molecule has 0 spiro atoms. The van der Waals surface area contributed by atoms with E-state index in [1.54, 1.807) is 0 Å². The standard InChI is InChI=1S/C15H20BrNO2/c1-10-13-6-5-12(16)9-11(13)7-8-17(10)14(18)19-15(2,3)4/h5-6,9-10H,7-8H2,1-4H3. The molecule has 0 fully saturated rings. The molecule has 1 aromatic rings. The van der Waals surface area contributed by atoms with Crippen molar-refractivity contribution in [3.05, 3.63) is 33.8 Å². The van der Waals surface area contributed by atoms with E-state index in [0.29, 0.717) is 6.54 Å². The summed E-state index contributed by atoms with van der Waals surface area (Å²) in [6, 6.07) is 6.30. The first kappa shape index (κ1) is 14.4. The zero-order valence-corrected chi connectivity index (χ0v) is 13.5. The number of fused-ring (bicyclic) bond motifs is 1. The lowest BCUT2D eigenvalue weighted by molar-refractivity contribution is 0.0160. The minimum Gasteiger partial charge on any atom is -0.444 e. The molecule has 0 aliphatic carbocycles. The van der Waals surface area contributed by atoms with E-state index >= 15 is 0 Å². The van der Waals surface area contributed by atoms with Gasteiger partial charge in [-0.25, -0.2) is 4.79 Å². The summed E-state index contributed by atoms with van der Waals surface area (Å²) >= 11 is 3.49. The molecule has 0 N–H and O–H groups in total. The van der Waals surface area contributed by atoms with Gasteiger partial charge in [-0.2, -0.15) is 0 Å². The molecule has 1 aliphatic heterocycles. The number of hydrogen-bond acceptors (Lipinski definition) is 2. The van der Waals surface area contributed by atoms with E-state index in [2.05, 4.69) is 35.0 Å². The average Bonchev–Trinajstić information content (AvgIpc) is 2.26. The summed E-state index contributed by atoms with van der Waals surface area (Å²) < 4.78 is 6.55. The van der Waals surface area contributed by atoms with Crippen LogP contribution in [0.1, 0.15) is 44.9 Å². The van der Waals surface area contributed by atoms with E-state index in [0.717, 1.165) is 10.9 Å². The number of halogens is 1. The van der Waals surface area contributed by atoms with Gasteiger partial charge in [-0.1, -0.05) is 22.0 Å². The third-order valence-electron chi connectivity index (χ3n) is 3.27. The number of nitrogens with zero attached hydrogens (tertiary/aromatic N) is 1. The van der Waals surface area contributed by atoms with Crippen LogP contribution in [0.25, 0.3) is 0 Å². The zero-order valence-electron chi connectivity index (χ0n) is 11.9. The van der Waals surface area contributed by atoms with Crippen molar-refractivity contribution in [2.24, 2.45) is 0 Å². The highest BCUT2D eigenvalue weighted by atomic mass is 79.9. The van der Waals surface area contributed by atoms with Crippen LogP contribution in [0.15, 0.2) is 22.7 Å². The molecule has 3 nitrogen and oxygen atoms in total. The maximum atomic E-state index is 12.2. The van der Waals surface area contributed by atoms with Crippen LogP contribution in [0, 0.1) is 0 Å². The molecule has 1 aliphatic rings. The van der Waals surface area contributed by atoms with Crippen molar-refractivity contribution in [1.29, 1.82) is 0 Å². The molecule has 1 aromatic carbocycles. The highest BCUT2D eigenvalue weighted by molar-refractivity contribution is 9.10. The number of carbonyl (C=O) groups excluding carboxylic acids is 1. The Hall–Kier alpha value is -1.03. The van der Waals surface area contributed by atoms with Crippen molar-refractivity contribution < 1.29 is 9.53 Å². The van der Waals surface area contributed by atoms with Gasteiger partial charge in [0.15, 0.2) is 0 Å². The summed E-state index contributed by atoms with van der Waals surface area (Å²) in [5, 5.41) is 0. The fourth-order valence-corrected chi connectivity index (χ4v) is 2.78. The van der Waals surface area contributed by atoms with Crippen molar-refractivity contribution >= 4 is 22.0 Å². The van der Waals surface area contributed by atoms with Gasteiger partial charge in [-0.05, 0) is 57.4 Å². The highest BCUT2D eigenvalue weighted by Crippen LogP contribution is 2.32. The molecule has 0 saturated carbocycles. The lowest BCUT2D eigenvalue weighted by Gasteiger charge is -2.36. The molecule has 19 heavy (non-hydrogen) atoms. The normalized spacial score (nSPS) is 19.0. The van der Waals surface area contributed by atoms with E-state index in [9.17, 15) is 4.79 Å². The second-order valence-corrected chi connectivity index (χ2v) is 6.86. The molecule has 0 radical (unpaired) electrons. The van der Waals surface area contributed by atoms with E-state index in [4.69, 9.17) is 4.74 Å². The molecule has 1 unspecified atom stereocenters. The maximum absolute atomic E-state index is 12.2. The quantitative estimate of drug-likeness (QED) is 0.711. The zero-order chi connectivity index (χ0) is 14.2. The van der Waals surface area contributed by atoms with Gasteiger partial charge in [0, 0.05) is 11.0 Å². The molecule has 4 heteroatoms. The smallest absolute Gasteiger partial charge is 0.410 e. The van der Waals surface area contributed by atoms with Gasteiger partial charge in [-0.15, -0.1) is 0 Å². The molecule has 0 bridgehead atoms. The van der Waals surface area contributed by atoms with Crippen molar-refractivity contribution in [2.75, 3.05) is 6.54 Å². The van der Waals surface area contributed by atoms with Crippen molar-refractivity contribution in [2.45, 2.75) is 45.8 Å². The van der Waals surface area contributed by atoms with Crippen molar-refractivity contribution in [3.63, 3.8) is 0 Å². The number of rotatable bonds is 0. The Morgan fingerprint density at radius 2 is 2.11 bits per heavy atom. The molecular weight excluding hydrogens is 306 g/mol. The van der Waals surface area contributed by atoms with E-state index in [1.807, 2.05) is 31.7 Å². The molecule has 1 heterocycles. The summed E-state index contributed by atoms with van der Waals surface area (Å²) in [6.07, 6.45) is 0.645. The van der Waals surface area contributed by atoms with E-state index < -0.39 is 5.60 Å². The second-order valence-electron chi connectivity index (χ2n) is 5.94. The first-order valence-electron chi connectivity index (χ1n) is 6.56. The van der Waals surface area contributed by atoms with Gasteiger partial charge in [0.1, 0.15) is 5.60 Å². The minimum absolute atomic E-state index is 0.0618. The number of carbonyl (C=O) groups is 1. The summed E-state index contributed by atoms with van der Waals surface area (Å²) in [4.78, 5) is 14.0. The molecule has 104 valence electrons. The molecule has 2 rings (SSSR count). The monoisotopic (exact) mass is 325 g/mol. The van der Waals surface area contributed by atoms with Crippen LogP contribution >= 0.6 is 15.9 Å². The predicted octanol–water partition coefficient (Wildman–Crippen LogP) is 4.30. The predicted molar refractivity (Wildman–Crippen MR) is 79.2 cm³/mol. The van der Waals surface area contributed by atoms with Gasteiger partial charge < -0.3 is 9.64 Å². The molecule has 1 amide bonds. The summed E-state index contributed by atoms with van der Waals surface area (Å²) in [6.45, 7) is 8.44. The Bertz CT molecular complexity index is 493. The Kier molecular flexibility index (Phi) is 3.90. The largest absolute Gasteiger partial charge is 0.444 e.